The van der Waals surface area contributed by atoms with E-state index in [1.54, 1.807) is 29.6 Å². The molecule has 0 saturated carbocycles. The maximum Gasteiger partial charge on any atom is 0.275 e. The minimum atomic E-state index is -1.06. The normalized spacial score (nSPS) is 19.8. The summed E-state index contributed by atoms with van der Waals surface area (Å²) in [5.74, 6) is 0. The van der Waals surface area contributed by atoms with Crippen LogP contribution in [0.4, 0.5) is 0 Å². The van der Waals surface area contributed by atoms with E-state index in [-0.39, 0.29) is 0 Å². The fourth-order valence-corrected chi connectivity index (χ4v) is 2.22. The molecule has 2 aromatic heterocycles. The van der Waals surface area contributed by atoms with Gasteiger partial charge in [-0.2, -0.15) is 25.2 Å². The average molecular weight is 293 g/mol. The molecule has 1 atom stereocenters. The first kappa shape index (κ1) is 12.5. The van der Waals surface area contributed by atoms with Crippen LogP contribution >= 0.6 is 0 Å². The van der Waals surface area contributed by atoms with Gasteiger partial charge in [0.1, 0.15) is 5.69 Å². The minimum absolute atomic E-state index is 0.560. The Morgan fingerprint density at radius 2 is 1.82 bits per heavy atom. The molecule has 0 amide bonds. The van der Waals surface area contributed by atoms with Crippen molar-refractivity contribution >= 4 is 6.21 Å². The third kappa shape index (κ3) is 1.99. The third-order valence-electron chi connectivity index (χ3n) is 3.29. The smallest absolute Gasteiger partial charge is 0.180 e. The number of hydrogen-bond donors (Lipinski definition) is 0. The SMILES string of the molecule is C1=NN=NC1(c1cnn(Cc2ccccc2)n1)n1nccn1. The highest BCUT2D eigenvalue weighted by molar-refractivity contribution is 5.72. The summed E-state index contributed by atoms with van der Waals surface area (Å²) in [4.78, 5) is 3.00. The molecule has 1 aliphatic rings. The second-order valence-electron chi connectivity index (χ2n) is 4.72. The Balaban J connectivity index is 1.68. The molecule has 0 bridgehead atoms. The van der Waals surface area contributed by atoms with Gasteiger partial charge in [0.2, 0.25) is 0 Å². The average Bonchev–Trinajstić information content (AvgIpc) is 3.30. The van der Waals surface area contributed by atoms with Crippen LogP contribution in [0.25, 0.3) is 0 Å². The summed E-state index contributed by atoms with van der Waals surface area (Å²) in [6.45, 7) is 0.567. The molecule has 9 nitrogen and oxygen atoms in total. The van der Waals surface area contributed by atoms with Gasteiger partial charge in [-0.25, -0.2) is 0 Å². The van der Waals surface area contributed by atoms with Crippen molar-refractivity contribution in [1.82, 2.24) is 30.0 Å². The van der Waals surface area contributed by atoms with Crippen molar-refractivity contribution in [2.24, 2.45) is 15.4 Å². The van der Waals surface area contributed by atoms with E-state index in [4.69, 9.17) is 0 Å². The predicted molar refractivity (Wildman–Crippen MR) is 76.0 cm³/mol. The Bertz CT molecular complexity index is 804. The molecule has 0 radical (unpaired) electrons. The summed E-state index contributed by atoms with van der Waals surface area (Å²) >= 11 is 0. The van der Waals surface area contributed by atoms with Crippen LogP contribution in [0.15, 0.2) is 64.4 Å². The molecular formula is C13H11N9. The number of hydrogen-bond acceptors (Lipinski definition) is 7. The molecule has 0 saturated heterocycles. The first-order valence-electron chi connectivity index (χ1n) is 6.64. The molecule has 1 aliphatic heterocycles. The maximum atomic E-state index is 4.48. The first-order valence-corrected chi connectivity index (χ1v) is 6.64. The Kier molecular flexibility index (Phi) is 2.81. The van der Waals surface area contributed by atoms with Gasteiger partial charge in [-0.15, -0.1) is 15.0 Å². The van der Waals surface area contributed by atoms with Gasteiger partial charge in [0, 0.05) is 0 Å². The van der Waals surface area contributed by atoms with Crippen molar-refractivity contribution in [2.75, 3.05) is 0 Å². The number of rotatable bonds is 4. The van der Waals surface area contributed by atoms with Crippen LogP contribution in [-0.2, 0) is 12.2 Å². The van der Waals surface area contributed by atoms with Gasteiger partial charge in [-0.05, 0) is 10.8 Å². The Morgan fingerprint density at radius 3 is 2.55 bits per heavy atom. The summed E-state index contributed by atoms with van der Waals surface area (Å²) in [6.07, 6.45) is 6.31. The lowest BCUT2D eigenvalue weighted by atomic mass is 10.1. The van der Waals surface area contributed by atoms with E-state index in [0.29, 0.717) is 12.2 Å². The summed E-state index contributed by atoms with van der Waals surface area (Å²) in [7, 11) is 0. The van der Waals surface area contributed by atoms with Crippen molar-refractivity contribution < 1.29 is 0 Å². The molecule has 3 heterocycles. The second kappa shape index (κ2) is 4.95. The molecule has 0 fully saturated rings. The van der Waals surface area contributed by atoms with Gasteiger partial charge in [-0.3, -0.25) is 0 Å². The molecule has 1 aromatic carbocycles. The van der Waals surface area contributed by atoms with Crippen LogP contribution < -0.4 is 0 Å². The van der Waals surface area contributed by atoms with Crippen molar-refractivity contribution in [1.29, 1.82) is 0 Å². The number of aromatic nitrogens is 6. The molecule has 3 aromatic rings. The van der Waals surface area contributed by atoms with Gasteiger partial charge >= 0.3 is 0 Å². The predicted octanol–water partition coefficient (Wildman–Crippen LogP) is 1.07. The molecule has 108 valence electrons. The zero-order valence-electron chi connectivity index (χ0n) is 11.4. The van der Waals surface area contributed by atoms with Gasteiger partial charge in [-0.1, -0.05) is 30.3 Å². The molecule has 4 rings (SSSR count). The van der Waals surface area contributed by atoms with Gasteiger partial charge in [0.25, 0.3) is 5.66 Å². The lowest BCUT2D eigenvalue weighted by Gasteiger charge is -2.16. The zero-order valence-corrected chi connectivity index (χ0v) is 11.4. The van der Waals surface area contributed by atoms with E-state index >= 15 is 0 Å². The fraction of sp³-hybridized carbons (Fsp3) is 0.154. The van der Waals surface area contributed by atoms with Gasteiger partial charge < -0.3 is 0 Å². The molecule has 22 heavy (non-hydrogen) atoms. The summed E-state index contributed by atoms with van der Waals surface area (Å²) in [5, 5.41) is 28.6. The quantitative estimate of drug-likeness (QED) is 0.718. The first-order chi connectivity index (χ1) is 10.9. The fourth-order valence-electron chi connectivity index (χ4n) is 2.22. The highest BCUT2D eigenvalue weighted by Gasteiger charge is 2.40. The highest BCUT2D eigenvalue weighted by atomic mass is 15.6. The van der Waals surface area contributed by atoms with E-state index in [1.807, 2.05) is 30.3 Å². The second-order valence-corrected chi connectivity index (χ2v) is 4.72. The minimum Gasteiger partial charge on any atom is -0.180 e. The summed E-state index contributed by atoms with van der Waals surface area (Å²) < 4.78 is 0. The summed E-state index contributed by atoms with van der Waals surface area (Å²) in [6, 6.07) is 9.97. The molecule has 1 unspecified atom stereocenters. The van der Waals surface area contributed by atoms with Crippen LogP contribution in [0.2, 0.25) is 0 Å². The van der Waals surface area contributed by atoms with Crippen LogP contribution in [0, 0.1) is 0 Å². The van der Waals surface area contributed by atoms with E-state index < -0.39 is 5.66 Å². The zero-order chi connectivity index (χ0) is 14.8. The highest BCUT2D eigenvalue weighted by Crippen LogP contribution is 2.26. The van der Waals surface area contributed by atoms with E-state index in [9.17, 15) is 0 Å². The maximum absolute atomic E-state index is 4.48. The summed E-state index contributed by atoms with van der Waals surface area (Å²) in [5.41, 5.74) is 0.612. The van der Waals surface area contributed by atoms with Crippen molar-refractivity contribution in [3.63, 3.8) is 0 Å². The molecule has 0 aliphatic carbocycles. The third-order valence-corrected chi connectivity index (χ3v) is 3.29. The lowest BCUT2D eigenvalue weighted by molar-refractivity contribution is 0.386. The Morgan fingerprint density at radius 1 is 1.00 bits per heavy atom. The van der Waals surface area contributed by atoms with Crippen LogP contribution in [-0.4, -0.2) is 36.2 Å². The van der Waals surface area contributed by atoms with Crippen molar-refractivity contribution in [3.8, 4) is 0 Å². The molecule has 0 spiro atoms. The monoisotopic (exact) mass is 293 g/mol. The largest absolute Gasteiger partial charge is 0.275 e. The Hall–Kier alpha value is -3.23. The molecule has 0 N–H and O–H groups in total. The topological polar surface area (TPSA) is 98.5 Å². The van der Waals surface area contributed by atoms with Gasteiger partial charge in [0.15, 0.2) is 0 Å². The van der Waals surface area contributed by atoms with Crippen LogP contribution in [0.1, 0.15) is 11.3 Å². The molecule has 9 heteroatoms. The van der Waals surface area contributed by atoms with Crippen LogP contribution in [0.5, 0.6) is 0 Å². The molecular weight excluding hydrogens is 282 g/mol. The Labute approximate surface area is 125 Å². The van der Waals surface area contributed by atoms with E-state index in [2.05, 4.69) is 35.8 Å². The van der Waals surface area contributed by atoms with E-state index in [1.165, 1.54) is 4.80 Å². The standard InChI is InChI=1S/C13H11N9/c1-2-4-11(5-3-1)9-21-17-8-12(18-21)13(10-14-20-19-13)22-15-6-7-16-22/h1-8,10H,9H2. The van der Waals surface area contributed by atoms with Crippen molar-refractivity contribution in [2.45, 2.75) is 12.2 Å². The van der Waals surface area contributed by atoms with Crippen LogP contribution in [0.3, 0.4) is 0 Å². The number of nitrogens with zero attached hydrogens (tertiary/aromatic N) is 9. The van der Waals surface area contributed by atoms with Crippen molar-refractivity contribution in [3.05, 3.63) is 60.2 Å². The number of benzene rings is 1. The van der Waals surface area contributed by atoms with Gasteiger partial charge in [0.05, 0.1) is 31.3 Å². The lowest BCUT2D eigenvalue weighted by Crippen LogP contribution is -2.35. The van der Waals surface area contributed by atoms with E-state index in [0.717, 1.165) is 5.56 Å².